The van der Waals surface area contributed by atoms with Crippen molar-refractivity contribution in [2.24, 2.45) is 5.10 Å². The van der Waals surface area contributed by atoms with E-state index in [0.717, 1.165) is 6.42 Å². The number of non-ortho nitro benzene ring substituents is 1. The van der Waals surface area contributed by atoms with Gasteiger partial charge in [-0.25, -0.2) is 10.2 Å². The molecule has 0 radical (unpaired) electrons. The normalized spacial score (nSPS) is 10.5. The fraction of sp³-hybridized carbons (Fsp3) is 0.160. The minimum Gasteiger partial charge on any atom is -0.494 e. The van der Waals surface area contributed by atoms with Gasteiger partial charge < -0.3 is 14.2 Å². The highest BCUT2D eigenvalue weighted by molar-refractivity contribution is 5.91. The lowest BCUT2D eigenvalue weighted by atomic mass is 10.2. The third-order valence-electron chi connectivity index (χ3n) is 4.47. The molecule has 0 heterocycles. The quantitative estimate of drug-likeness (QED) is 0.144. The third kappa shape index (κ3) is 7.97. The van der Waals surface area contributed by atoms with E-state index < -0.39 is 16.8 Å². The SMILES string of the molecule is CCCOc1ccc(C(=O)Oc2ccc(/C=N/NC(=O)COc3ccc([N+](=O)[O-])cc3)cc2)cc1. The Labute approximate surface area is 201 Å². The molecule has 0 saturated heterocycles. The molecule has 0 spiro atoms. The molecule has 1 N–H and O–H groups in total. The zero-order chi connectivity index (χ0) is 25.0. The maximum absolute atomic E-state index is 12.3. The average molecular weight is 477 g/mol. The highest BCUT2D eigenvalue weighted by Gasteiger charge is 2.09. The van der Waals surface area contributed by atoms with E-state index in [1.54, 1.807) is 48.5 Å². The maximum Gasteiger partial charge on any atom is 0.343 e. The van der Waals surface area contributed by atoms with Gasteiger partial charge in [0.1, 0.15) is 17.2 Å². The van der Waals surface area contributed by atoms with E-state index in [0.29, 0.717) is 35.0 Å². The van der Waals surface area contributed by atoms with Gasteiger partial charge in [-0.3, -0.25) is 14.9 Å². The smallest absolute Gasteiger partial charge is 0.343 e. The summed E-state index contributed by atoms with van der Waals surface area (Å²) in [6.45, 7) is 2.32. The summed E-state index contributed by atoms with van der Waals surface area (Å²) in [4.78, 5) is 34.3. The summed E-state index contributed by atoms with van der Waals surface area (Å²) in [5.74, 6) is 0.377. The number of esters is 1. The molecule has 0 aliphatic rings. The van der Waals surface area contributed by atoms with Gasteiger partial charge in [0, 0.05) is 12.1 Å². The molecule has 3 rings (SSSR count). The maximum atomic E-state index is 12.3. The van der Waals surface area contributed by atoms with Gasteiger partial charge in [-0.1, -0.05) is 6.92 Å². The number of carbonyl (C=O) groups is 2. The number of benzene rings is 3. The van der Waals surface area contributed by atoms with Crippen molar-refractivity contribution < 1.29 is 28.7 Å². The van der Waals surface area contributed by atoms with Gasteiger partial charge >= 0.3 is 5.97 Å². The molecular weight excluding hydrogens is 454 g/mol. The molecule has 0 aliphatic carbocycles. The lowest BCUT2D eigenvalue weighted by Gasteiger charge is -2.07. The van der Waals surface area contributed by atoms with Gasteiger partial charge in [-0.2, -0.15) is 5.10 Å². The van der Waals surface area contributed by atoms with Crippen molar-refractivity contribution >= 4 is 23.8 Å². The van der Waals surface area contributed by atoms with Gasteiger partial charge in [0.25, 0.3) is 11.6 Å². The summed E-state index contributed by atoms with van der Waals surface area (Å²) in [5, 5.41) is 14.5. The average Bonchev–Trinajstić information content (AvgIpc) is 2.87. The predicted octanol–water partition coefficient (Wildman–Crippen LogP) is 4.13. The molecule has 0 aromatic heterocycles. The first-order chi connectivity index (χ1) is 16.9. The molecule has 180 valence electrons. The molecule has 10 heteroatoms. The minimum absolute atomic E-state index is 0.0706. The molecule has 0 atom stereocenters. The molecule has 0 saturated carbocycles. The van der Waals surface area contributed by atoms with Crippen molar-refractivity contribution in [2.75, 3.05) is 13.2 Å². The minimum atomic E-state index is -0.523. The zero-order valence-corrected chi connectivity index (χ0v) is 18.9. The summed E-state index contributed by atoms with van der Waals surface area (Å²) in [5.41, 5.74) is 3.31. The molecule has 0 bridgehead atoms. The summed E-state index contributed by atoms with van der Waals surface area (Å²) in [7, 11) is 0. The van der Waals surface area contributed by atoms with E-state index in [-0.39, 0.29) is 12.3 Å². The number of hydrazone groups is 1. The van der Waals surface area contributed by atoms with E-state index >= 15 is 0 Å². The van der Waals surface area contributed by atoms with Crippen LogP contribution in [0.1, 0.15) is 29.3 Å². The Hall–Kier alpha value is -4.73. The van der Waals surface area contributed by atoms with Gasteiger partial charge in [0.15, 0.2) is 6.61 Å². The molecule has 3 aromatic rings. The molecule has 0 aliphatic heterocycles. The van der Waals surface area contributed by atoms with Crippen LogP contribution in [0.5, 0.6) is 17.2 Å². The van der Waals surface area contributed by atoms with Crippen molar-refractivity contribution in [2.45, 2.75) is 13.3 Å². The van der Waals surface area contributed by atoms with E-state index in [4.69, 9.17) is 14.2 Å². The number of nitro benzene ring substituents is 1. The molecule has 3 aromatic carbocycles. The standard InChI is InChI=1S/C25H23N3O7/c1-2-15-33-21-11-5-19(6-12-21)25(30)35-23-9-3-18(4-10-23)16-26-27-24(29)17-34-22-13-7-20(8-14-22)28(31)32/h3-14,16H,2,15,17H2,1H3,(H,27,29)/b26-16+. The van der Waals surface area contributed by atoms with Crippen LogP contribution in [-0.4, -0.2) is 36.2 Å². The second-order valence-corrected chi connectivity index (χ2v) is 7.16. The van der Waals surface area contributed by atoms with Gasteiger partial charge in [-0.05, 0) is 72.6 Å². The lowest BCUT2D eigenvalue weighted by molar-refractivity contribution is -0.384. The zero-order valence-electron chi connectivity index (χ0n) is 18.9. The largest absolute Gasteiger partial charge is 0.494 e. The Balaban J connectivity index is 1.43. The van der Waals surface area contributed by atoms with Crippen molar-refractivity contribution in [1.82, 2.24) is 5.43 Å². The number of nitro groups is 1. The van der Waals surface area contributed by atoms with Crippen LogP contribution in [0.3, 0.4) is 0 Å². The Morgan fingerprint density at radius 3 is 2.14 bits per heavy atom. The first-order valence-electron chi connectivity index (χ1n) is 10.7. The Morgan fingerprint density at radius 1 is 0.914 bits per heavy atom. The molecule has 0 fully saturated rings. The van der Waals surface area contributed by atoms with Gasteiger partial charge in [0.2, 0.25) is 0 Å². The van der Waals surface area contributed by atoms with Crippen molar-refractivity contribution in [3.63, 3.8) is 0 Å². The van der Waals surface area contributed by atoms with Crippen molar-refractivity contribution in [3.8, 4) is 17.2 Å². The second-order valence-electron chi connectivity index (χ2n) is 7.16. The summed E-state index contributed by atoms with van der Waals surface area (Å²) >= 11 is 0. The summed E-state index contributed by atoms with van der Waals surface area (Å²) in [6.07, 6.45) is 2.32. The van der Waals surface area contributed by atoms with Crippen molar-refractivity contribution in [3.05, 3.63) is 94.0 Å². The van der Waals surface area contributed by atoms with Crippen LogP contribution in [0, 0.1) is 10.1 Å². The Morgan fingerprint density at radius 2 is 1.51 bits per heavy atom. The highest BCUT2D eigenvalue weighted by Crippen LogP contribution is 2.18. The lowest BCUT2D eigenvalue weighted by Crippen LogP contribution is -2.24. The van der Waals surface area contributed by atoms with E-state index in [2.05, 4.69) is 10.5 Å². The fourth-order valence-corrected chi connectivity index (χ4v) is 2.72. The topological polar surface area (TPSA) is 129 Å². The molecular formula is C25H23N3O7. The Kier molecular flexibility index (Phi) is 8.89. The number of hydrogen-bond acceptors (Lipinski definition) is 8. The van der Waals surface area contributed by atoms with Crippen LogP contribution < -0.4 is 19.6 Å². The molecule has 1 amide bonds. The Bertz CT molecular complexity index is 1180. The summed E-state index contributed by atoms with van der Waals surface area (Å²) < 4.78 is 16.1. The second kappa shape index (κ2) is 12.5. The van der Waals surface area contributed by atoms with E-state index in [1.807, 2.05) is 6.92 Å². The molecule has 35 heavy (non-hydrogen) atoms. The van der Waals surface area contributed by atoms with E-state index in [1.165, 1.54) is 30.5 Å². The van der Waals surface area contributed by atoms with Gasteiger partial charge in [0.05, 0.1) is 23.3 Å². The van der Waals surface area contributed by atoms with Crippen LogP contribution in [-0.2, 0) is 4.79 Å². The number of ether oxygens (including phenoxy) is 3. The predicted molar refractivity (Wildman–Crippen MR) is 128 cm³/mol. The number of hydrogen-bond donors (Lipinski definition) is 1. The number of carbonyl (C=O) groups excluding carboxylic acids is 2. The van der Waals surface area contributed by atoms with Crippen molar-refractivity contribution in [1.29, 1.82) is 0 Å². The van der Waals surface area contributed by atoms with Crippen LogP contribution >= 0.6 is 0 Å². The first kappa shape index (κ1) is 24.9. The van der Waals surface area contributed by atoms with E-state index in [9.17, 15) is 19.7 Å². The fourth-order valence-electron chi connectivity index (χ4n) is 2.72. The van der Waals surface area contributed by atoms with Gasteiger partial charge in [-0.15, -0.1) is 0 Å². The third-order valence-corrected chi connectivity index (χ3v) is 4.47. The number of amides is 1. The van der Waals surface area contributed by atoms with Crippen LogP contribution in [0.25, 0.3) is 0 Å². The first-order valence-corrected chi connectivity index (χ1v) is 10.7. The number of rotatable bonds is 11. The number of nitrogens with one attached hydrogen (secondary N) is 1. The number of nitrogens with zero attached hydrogens (tertiary/aromatic N) is 2. The summed E-state index contributed by atoms with van der Waals surface area (Å²) in [6, 6.07) is 18.7. The van der Waals surface area contributed by atoms with Crippen LogP contribution in [0.4, 0.5) is 5.69 Å². The van der Waals surface area contributed by atoms with Crippen LogP contribution in [0.15, 0.2) is 77.9 Å². The monoisotopic (exact) mass is 477 g/mol. The van der Waals surface area contributed by atoms with Crippen LogP contribution in [0.2, 0.25) is 0 Å². The molecule has 10 nitrogen and oxygen atoms in total. The highest BCUT2D eigenvalue weighted by atomic mass is 16.6. The molecule has 0 unspecified atom stereocenters.